The number of anilines is 1. The molecule has 0 bridgehead atoms. The zero-order valence-electron chi connectivity index (χ0n) is 9.32. The molecule has 1 unspecified atom stereocenters. The monoisotopic (exact) mass is 226 g/mol. The largest absolute Gasteiger partial charge is 0.376 e. The molecule has 0 aromatic carbocycles. The molecule has 2 rings (SSSR count). The molecule has 0 amide bonds. The van der Waals surface area contributed by atoms with Crippen LogP contribution in [0.25, 0.3) is 0 Å². The molecule has 0 saturated carbocycles. The Balaban J connectivity index is 1.82. The fourth-order valence-corrected chi connectivity index (χ4v) is 2.52. The van der Waals surface area contributed by atoms with Crippen LogP contribution in [0.3, 0.4) is 0 Å². The van der Waals surface area contributed by atoms with E-state index in [1.165, 1.54) is 18.5 Å². The van der Waals surface area contributed by atoms with Gasteiger partial charge in [0.05, 0.1) is 11.8 Å². The van der Waals surface area contributed by atoms with Crippen LogP contribution in [-0.4, -0.2) is 24.2 Å². The first-order valence-corrected chi connectivity index (χ1v) is 6.44. The first-order valence-electron chi connectivity index (χ1n) is 5.56. The number of rotatable bonds is 4. The normalized spacial score (nSPS) is 21.1. The van der Waals surface area contributed by atoms with Gasteiger partial charge in [-0.3, -0.25) is 0 Å². The summed E-state index contributed by atoms with van der Waals surface area (Å²) in [5.41, 5.74) is 1.18. The van der Waals surface area contributed by atoms with Crippen LogP contribution in [0.2, 0.25) is 0 Å². The standard InChI is InChI=1S/C11H18N2OS/c1-8(2)10-7-15-11(13-10)12-6-9-4-3-5-14-9/h7-9H,3-6H2,1-2H3,(H,12,13). The van der Waals surface area contributed by atoms with Crippen LogP contribution in [0.1, 0.15) is 38.3 Å². The number of hydrogen-bond donors (Lipinski definition) is 1. The van der Waals surface area contributed by atoms with Gasteiger partial charge in [0.25, 0.3) is 0 Å². The van der Waals surface area contributed by atoms with Gasteiger partial charge in [-0.25, -0.2) is 4.98 Å². The first kappa shape index (κ1) is 10.9. The smallest absolute Gasteiger partial charge is 0.182 e. The molecule has 0 spiro atoms. The van der Waals surface area contributed by atoms with Crippen molar-refractivity contribution >= 4 is 16.5 Å². The van der Waals surface area contributed by atoms with Gasteiger partial charge in [0.2, 0.25) is 0 Å². The average Bonchev–Trinajstić information content (AvgIpc) is 2.86. The topological polar surface area (TPSA) is 34.1 Å². The van der Waals surface area contributed by atoms with E-state index in [9.17, 15) is 0 Å². The van der Waals surface area contributed by atoms with E-state index in [4.69, 9.17) is 4.74 Å². The molecule has 1 N–H and O–H groups in total. The Morgan fingerprint density at radius 3 is 3.13 bits per heavy atom. The van der Waals surface area contributed by atoms with Crippen molar-refractivity contribution in [3.8, 4) is 0 Å². The van der Waals surface area contributed by atoms with Crippen LogP contribution in [-0.2, 0) is 4.74 Å². The third-order valence-corrected chi connectivity index (χ3v) is 3.44. The van der Waals surface area contributed by atoms with Crippen LogP contribution in [0.15, 0.2) is 5.38 Å². The van der Waals surface area contributed by atoms with Gasteiger partial charge < -0.3 is 10.1 Å². The Morgan fingerprint density at radius 1 is 1.67 bits per heavy atom. The maximum atomic E-state index is 5.54. The van der Waals surface area contributed by atoms with Gasteiger partial charge >= 0.3 is 0 Å². The third-order valence-electron chi connectivity index (χ3n) is 2.62. The van der Waals surface area contributed by atoms with Gasteiger partial charge in [-0.1, -0.05) is 13.8 Å². The first-order chi connectivity index (χ1) is 7.25. The minimum atomic E-state index is 0.386. The predicted molar refractivity (Wildman–Crippen MR) is 63.7 cm³/mol. The van der Waals surface area contributed by atoms with Gasteiger partial charge in [0, 0.05) is 18.5 Å². The Labute approximate surface area is 94.9 Å². The fourth-order valence-electron chi connectivity index (χ4n) is 1.64. The molecular weight excluding hydrogens is 208 g/mol. The lowest BCUT2D eigenvalue weighted by Crippen LogP contribution is -2.18. The van der Waals surface area contributed by atoms with E-state index in [0.717, 1.165) is 18.3 Å². The quantitative estimate of drug-likeness (QED) is 0.857. The van der Waals surface area contributed by atoms with Crippen molar-refractivity contribution in [2.45, 2.75) is 38.7 Å². The summed E-state index contributed by atoms with van der Waals surface area (Å²) < 4.78 is 5.54. The Hall–Kier alpha value is -0.610. The molecule has 3 nitrogen and oxygen atoms in total. The molecule has 1 aromatic heterocycles. The summed E-state index contributed by atoms with van der Waals surface area (Å²) in [5.74, 6) is 0.513. The molecule has 1 aliphatic heterocycles. The van der Waals surface area contributed by atoms with Gasteiger partial charge in [0.1, 0.15) is 0 Å². The van der Waals surface area contributed by atoms with E-state index >= 15 is 0 Å². The zero-order chi connectivity index (χ0) is 10.7. The van der Waals surface area contributed by atoms with Crippen LogP contribution >= 0.6 is 11.3 Å². The van der Waals surface area contributed by atoms with Crippen molar-refractivity contribution in [1.29, 1.82) is 0 Å². The van der Waals surface area contributed by atoms with Crippen LogP contribution < -0.4 is 5.32 Å². The molecule has 1 fully saturated rings. The number of thiazole rings is 1. The molecule has 0 radical (unpaired) electrons. The van der Waals surface area contributed by atoms with E-state index in [-0.39, 0.29) is 0 Å². The average molecular weight is 226 g/mol. The third kappa shape index (κ3) is 2.92. The molecule has 1 saturated heterocycles. The minimum absolute atomic E-state index is 0.386. The number of nitrogens with zero attached hydrogens (tertiary/aromatic N) is 1. The maximum absolute atomic E-state index is 5.54. The Bertz CT molecular complexity index is 305. The molecule has 2 heterocycles. The summed E-state index contributed by atoms with van der Waals surface area (Å²) >= 11 is 1.68. The molecule has 1 atom stereocenters. The van der Waals surface area contributed by atoms with Crippen molar-refractivity contribution in [2.24, 2.45) is 0 Å². The van der Waals surface area contributed by atoms with Crippen molar-refractivity contribution in [3.05, 3.63) is 11.1 Å². The van der Waals surface area contributed by atoms with E-state index in [2.05, 4.69) is 29.5 Å². The molecule has 1 aromatic rings. The highest BCUT2D eigenvalue weighted by Gasteiger charge is 2.15. The second kappa shape index (κ2) is 4.94. The van der Waals surface area contributed by atoms with E-state index < -0.39 is 0 Å². The predicted octanol–water partition coefficient (Wildman–Crippen LogP) is 2.86. The fraction of sp³-hybridized carbons (Fsp3) is 0.727. The van der Waals surface area contributed by atoms with Gasteiger partial charge in [-0.2, -0.15) is 0 Å². The highest BCUT2D eigenvalue weighted by atomic mass is 32.1. The summed E-state index contributed by atoms with van der Waals surface area (Å²) in [5, 5.41) is 6.49. The van der Waals surface area contributed by atoms with Crippen LogP contribution in [0.5, 0.6) is 0 Å². The van der Waals surface area contributed by atoms with Crippen LogP contribution in [0, 0.1) is 0 Å². The second-order valence-corrected chi connectivity index (χ2v) is 5.11. The summed E-state index contributed by atoms with van der Waals surface area (Å²) in [4.78, 5) is 4.52. The summed E-state index contributed by atoms with van der Waals surface area (Å²) in [7, 11) is 0. The van der Waals surface area contributed by atoms with Crippen molar-refractivity contribution < 1.29 is 4.74 Å². The van der Waals surface area contributed by atoms with Gasteiger partial charge in [0.15, 0.2) is 5.13 Å². The number of ether oxygens (including phenoxy) is 1. The maximum Gasteiger partial charge on any atom is 0.182 e. The Morgan fingerprint density at radius 2 is 2.53 bits per heavy atom. The van der Waals surface area contributed by atoms with Crippen LogP contribution in [0.4, 0.5) is 5.13 Å². The van der Waals surface area contributed by atoms with Gasteiger partial charge in [-0.05, 0) is 18.8 Å². The highest BCUT2D eigenvalue weighted by Crippen LogP contribution is 2.22. The highest BCUT2D eigenvalue weighted by molar-refractivity contribution is 7.13. The zero-order valence-corrected chi connectivity index (χ0v) is 10.1. The summed E-state index contributed by atoms with van der Waals surface area (Å²) in [6.45, 7) is 6.14. The van der Waals surface area contributed by atoms with Gasteiger partial charge in [-0.15, -0.1) is 11.3 Å². The molecule has 1 aliphatic rings. The number of aromatic nitrogens is 1. The van der Waals surface area contributed by atoms with E-state index in [1.54, 1.807) is 11.3 Å². The molecule has 4 heteroatoms. The SMILES string of the molecule is CC(C)c1csc(NCC2CCCO2)n1. The lowest BCUT2D eigenvalue weighted by Gasteiger charge is -2.09. The van der Waals surface area contributed by atoms with Crippen molar-refractivity contribution in [1.82, 2.24) is 4.98 Å². The molecule has 0 aliphatic carbocycles. The molecular formula is C11H18N2OS. The summed E-state index contributed by atoms with van der Waals surface area (Å²) in [6.07, 6.45) is 2.76. The lowest BCUT2D eigenvalue weighted by molar-refractivity contribution is 0.120. The lowest BCUT2D eigenvalue weighted by atomic mass is 10.2. The van der Waals surface area contributed by atoms with E-state index in [0.29, 0.717) is 12.0 Å². The number of hydrogen-bond acceptors (Lipinski definition) is 4. The van der Waals surface area contributed by atoms with Crippen molar-refractivity contribution in [2.75, 3.05) is 18.5 Å². The van der Waals surface area contributed by atoms with Crippen molar-refractivity contribution in [3.63, 3.8) is 0 Å². The van der Waals surface area contributed by atoms with E-state index in [1.807, 2.05) is 0 Å². The minimum Gasteiger partial charge on any atom is -0.376 e. The number of nitrogens with one attached hydrogen (secondary N) is 1. The molecule has 15 heavy (non-hydrogen) atoms. The second-order valence-electron chi connectivity index (χ2n) is 4.25. The Kier molecular flexibility index (Phi) is 3.59. The summed E-state index contributed by atoms with van der Waals surface area (Å²) in [6, 6.07) is 0. The molecule has 84 valence electrons.